The van der Waals surface area contributed by atoms with Crippen LogP contribution >= 0.6 is 0 Å². The summed E-state index contributed by atoms with van der Waals surface area (Å²) in [4.78, 5) is 23.8. The van der Waals surface area contributed by atoms with Crippen LogP contribution in [0.3, 0.4) is 0 Å². The van der Waals surface area contributed by atoms with E-state index in [0.29, 0.717) is 0 Å². The molecule has 4 amide bonds. The summed E-state index contributed by atoms with van der Waals surface area (Å²) < 4.78 is 0. The Bertz CT molecular complexity index is 240. The van der Waals surface area contributed by atoms with Crippen LogP contribution in [-0.4, -0.2) is 31.1 Å². The Morgan fingerprint density at radius 2 is 0.913 bits per heavy atom. The van der Waals surface area contributed by atoms with Gasteiger partial charge in [0.15, 0.2) is 0 Å². The maximum atomic E-state index is 10.2. The summed E-state index contributed by atoms with van der Waals surface area (Å²) in [7, 11) is 2.63. The van der Waals surface area contributed by atoms with Crippen molar-refractivity contribution in [2.45, 2.75) is 70.2 Å². The Labute approximate surface area is 204 Å². The van der Waals surface area contributed by atoms with E-state index in [0.717, 1.165) is 4.90 Å². The molecule has 0 saturated heterocycles. The van der Waals surface area contributed by atoms with E-state index in [4.69, 9.17) is 5.39 Å². The molecule has 0 saturated carbocycles. The van der Waals surface area contributed by atoms with Gasteiger partial charge in [0.2, 0.25) is 5.39 Å². The van der Waals surface area contributed by atoms with Crippen LogP contribution in [0.5, 0.6) is 0 Å². The predicted octanol–water partition coefficient (Wildman–Crippen LogP) is 6.47. The summed E-state index contributed by atoms with van der Waals surface area (Å²) in [5, 5.41) is 13.1. The van der Waals surface area contributed by atoms with E-state index >= 15 is 0 Å². The topological polar surface area (TPSA) is 90.2 Å². The first-order valence-electron chi connectivity index (χ1n) is 6.60. The number of imide groups is 1. The zero-order valence-electron chi connectivity index (χ0n) is 14.8. The van der Waals surface area contributed by atoms with Gasteiger partial charge in [0.1, 0.15) is 4.98 Å². The van der Waals surface area contributed by atoms with Gasteiger partial charge in [-0.25, -0.2) is 14.5 Å². The van der Waals surface area contributed by atoms with Crippen LogP contribution in [-0.2, 0) is 0 Å². The number of diazo groups is 1. The Kier molecular flexibility index (Phi) is 163. The minimum atomic E-state index is -0.602. The van der Waals surface area contributed by atoms with Gasteiger partial charge in [-0.05, 0) is 0 Å². The first-order valence-corrected chi connectivity index (χ1v) is 6.60. The Hall–Kier alpha value is 0.679. The van der Waals surface area contributed by atoms with Crippen molar-refractivity contribution in [3.8, 4) is 0 Å². The molecule has 7 nitrogen and oxygen atoms in total. The fraction of sp³-hybridized carbons (Fsp3) is 0.857. The van der Waals surface area contributed by atoms with E-state index in [9.17, 15) is 9.59 Å². The average Bonchev–Trinajstić information content (AvgIpc) is 2.79. The molecule has 0 radical (unpaired) electrons. The molecule has 1 heterocycles. The summed E-state index contributed by atoms with van der Waals surface area (Å²) in [6.45, 7) is 16.0. The molecule has 0 fully saturated rings. The van der Waals surface area contributed by atoms with Crippen molar-refractivity contribution in [1.29, 1.82) is 5.39 Å². The average molecular weight is 388 g/mol. The van der Waals surface area contributed by atoms with Gasteiger partial charge in [0, 0.05) is 82.5 Å². The Morgan fingerprint density at radius 3 is 0.957 bits per heavy atom. The van der Waals surface area contributed by atoms with Gasteiger partial charge in [0.05, 0.1) is 0 Å². The molecule has 0 aliphatic carbocycles. The van der Waals surface area contributed by atoms with Crippen LogP contribution in [0.2, 0.25) is 0 Å². The van der Waals surface area contributed by atoms with Gasteiger partial charge in [-0.2, -0.15) is 0 Å². The van der Waals surface area contributed by atoms with Crippen molar-refractivity contribution in [3.05, 3.63) is 4.98 Å². The largest absolute Gasteiger partial charge is 0.370 e. The zero-order valence-corrected chi connectivity index (χ0v) is 16.2. The van der Waals surface area contributed by atoms with Crippen LogP contribution in [0.25, 0.3) is 4.98 Å². The SMILES string of the molecule is C.C.CC.CC.CC.CC.CN1C(=O)N=NC1=O.C[N+]#N.[Ar].[Ar]. The zero-order chi connectivity index (χ0) is 16.9. The number of urea groups is 2. The molecule has 0 aromatic heterocycles. The van der Waals surface area contributed by atoms with Gasteiger partial charge < -0.3 is 0 Å². The number of nitrogens with zero attached hydrogens (tertiary/aromatic N) is 5. The normalized spacial score (nSPS) is 7.78. The number of hydrogen-bond donors (Lipinski definition) is 0. The number of rotatable bonds is 0. The third kappa shape index (κ3) is 51.8. The van der Waals surface area contributed by atoms with Gasteiger partial charge in [-0.15, -0.1) is 0 Å². The third-order valence-electron chi connectivity index (χ3n) is 0.795. The van der Waals surface area contributed by atoms with Crippen LogP contribution < -0.4 is 0 Å². The summed E-state index contributed by atoms with van der Waals surface area (Å²) in [5.74, 6) is 0. The Balaban J connectivity index is -0.0000000165. The first kappa shape index (κ1) is 56.5. The maximum absolute atomic E-state index is 10.2. The molecule has 0 spiro atoms. The molecular weight excluding hydrogens is 350 g/mol. The summed E-state index contributed by atoms with van der Waals surface area (Å²) in [6.07, 6.45) is 0. The van der Waals surface area contributed by atoms with Crippen LogP contribution in [0, 0.1) is 80.9 Å². The standard InChI is InChI=1S/C3H3N3O2.4C2H6.CH3N2.2CH4.2Ar/c1-6-2(7)4-5-3(6)8;4*1-2;1-3-2;;;;/h1H3;4*1-2H3;1H3;2*1H4;;/q;;;;;+1;;;;. The van der Waals surface area contributed by atoms with Gasteiger partial charge in [-0.3, -0.25) is 0 Å². The second kappa shape index (κ2) is 66.3. The van der Waals surface area contributed by atoms with Crippen molar-refractivity contribution in [1.82, 2.24) is 4.90 Å². The van der Waals surface area contributed by atoms with E-state index in [-0.39, 0.29) is 90.3 Å². The van der Waals surface area contributed by atoms with Crippen LogP contribution in [0.1, 0.15) is 70.2 Å². The second-order valence-corrected chi connectivity index (χ2v) is 1.52. The molecule has 146 valence electrons. The van der Waals surface area contributed by atoms with Crippen LogP contribution in [0.4, 0.5) is 9.59 Å². The Morgan fingerprint density at radius 1 is 0.783 bits per heavy atom. The molecule has 9 heteroatoms. The predicted molar refractivity (Wildman–Crippen MR) is 93.3 cm³/mol. The van der Waals surface area contributed by atoms with E-state index in [1.807, 2.05) is 55.4 Å². The van der Waals surface area contributed by atoms with Gasteiger partial charge in [-0.1, -0.05) is 80.5 Å². The summed E-state index contributed by atoms with van der Waals surface area (Å²) in [6, 6.07) is -1.20. The minimum Gasteiger partial charge on any atom is -0.244 e. The molecule has 1 aliphatic heterocycles. The number of carbonyl (C=O) groups is 2. The fourth-order valence-corrected chi connectivity index (χ4v) is 0.302. The van der Waals surface area contributed by atoms with Gasteiger partial charge >= 0.3 is 12.1 Å². The molecule has 0 aromatic rings. The number of hydrogen-bond acceptors (Lipinski definition) is 3. The molecule has 1 aliphatic rings. The molecule has 0 bridgehead atoms. The second-order valence-electron chi connectivity index (χ2n) is 1.52. The quantitative estimate of drug-likeness (QED) is 0.445. The number of azo groups is 1. The number of amides is 4. The van der Waals surface area contributed by atoms with Crippen molar-refractivity contribution < 1.29 is 85.1 Å². The maximum Gasteiger partial charge on any atom is 0.370 e. The molecular formula is C14H38Ar2N5O2+. The van der Waals surface area contributed by atoms with Crippen molar-refractivity contribution in [2.24, 2.45) is 10.2 Å². The number of carbonyl (C=O) groups excluding carboxylic acids is 2. The van der Waals surface area contributed by atoms with Crippen molar-refractivity contribution in [2.75, 3.05) is 14.1 Å². The van der Waals surface area contributed by atoms with E-state index in [1.54, 1.807) is 0 Å². The van der Waals surface area contributed by atoms with E-state index in [2.05, 4.69) is 15.2 Å². The minimum absolute atomic E-state index is 0. The molecule has 0 unspecified atom stereocenters. The third-order valence-corrected chi connectivity index (χ3v) is 0.795. The molecule has 1 rings (SSSR count). The van der Waals surface area contributed by atoms with Crippen LogP contribution in [0.15, 0.2) is 10.2 Å². The van der Waals surface area contributed by atoms with Crippen molar-refractivity contribution >= 4 is 12.1 Å². The fourth-order valence-electron chi connectivity index (χ4n) is 0.302. The molecule has 0 aromatic carbocycles. The molecule has 0 N–H and O–H groups in total. The van der Waals surface area contributed by atoms with Gasteiger partial charge in [0.25, 0.3) is 7.05 Å². The van der Waals surface area contributed by atoms with Crippen molar-refractivity contribution in [3.63, 3.8) is 0 Å². The molecule has 0 atom stereocenters. The summed E-state index contributed by atoms with van der Waals surface area (Å²) >= 11 is 0. The first-order chi connectivity index (χ1) is 9.13. The monoisotopic (exact) mass is 388 g/mol. The smallest absolute Gasteiger partial charge is 0.244 e. The molecule has 23 heavy (non-hydrogen) atoms. The van der Waals surface area contributed by atoms with E-state index in [1.165, 1.54) is 14.1 Å². The van der Waals surface area contributed by atoms with E-state index < -0.39 is 12.1 Å². The summed E-state index contributed by atoms with van der Waals surface area (Å²) in [5.41, 5.74) is 0.